The molecule has 2 aromatic rings. The molecule has 1 aromatic heterocycles. The van der Waals surface area contributed by atoms with Crippen molar-refractivity contribution in [1.82, 2.24) is 15.1 Å². The molecule has 0 radical (unpaired) electrons. The van der Waals surface area contributed by atoms with Crippen molar-refractivity contribution in [3.05, 3.63) is 29.5 Å². The molecule has 1 saturated carbocycles. The number of H-pyrrole nitrogens is 1. The Morgan fingerprint density at radius 1 is 1.19 bits per heavy atom. The lowest BCUT2D eigenvalue weighted by Gasteiger charge is -2.36. The van der Waals surface area contributed by atoms with Crippen LogP contribution in [0.5, 0.6) is 0 Å². The maximum atomic E-state index is 12.9. The summed E-state index contributed by atoms with van der Waals surface area (Å²) < 4.78 is 5.44. The van der Waals surface area contributed by atoms with Gasteiger partial charge >= 0.3 is 0 Å². The fourth-order valence-electron chi connectivity index (χ4n) is 4.80. The third-order valence-corrected chi connectivity index (χ3v) is 6.63. The van der Waals surface area contributed by atoms with Gasteiger partial charge in [-0.15, -0.1) is 0 Å². The van der Waals surface area contributed by atoms with E-state index in [2.05, 4.69) is 40.2 Å². The van der Waals surface area contributed by atoms with E-state index in [0.29, 0.717) is 17.9 Å². The van der Waals surface area contributed by atoms with E-state index in [9.17, 15) is 4.79 Å². The first-order chi connectivity index (χ1) is 13.2. The van der Waals surface area contributed by atoms with Gasteiger partial charge in [0.1, 0.15) is 0 Å². The number of benzene rings is 1. The van der Waals surface area contributed by atoms with E-state index in [-0.39, 0.29) is 5.92 Å². The lowest BCUT2D eigenvalue weighted by Crippen LogP contribution is -2.42. The Bertz CT molecular complexity index is 784. The van der Waals surface area contributed by atoms with Gasteiger partial charge in [-0.3, -0.25) is 9.89 Å². The van der Waals surface area contributed by atoms with E-state index in [1.807, 2.05) is 0 Å². The van der Waals surface area contributed by atoms with Gasteiger partial charge in [0.05, 0.1) is 11.6 Å². The molecular formula is C22H31N3O2. The first kappa shape index (κ1) is 18.5. The Hall–Kier alpha value is -1.88. The number of amides is 1. The summed E-state index contributed by atoms with van der Waals surface area (Å²) in [5.74, 6) is 1.04. The van der Waals surface area contributed by atoms with Crippen LogP contribution in [0.25, 0.3) is 10.9 Å². The summed E-state index contributed by atoms with van der Waals surface area (Å²) in [6, 6.07) is 6.60. The van der Waals surface area contributed by atoms with E-state index in [1.54, 1.807) is 7.11 Å². The number of aromatic nitrogens is 2. The number of carbonyl (C=O) groups is 1. The molecule has 146 valence electrons. The minimum Gasteiger partial charge on any atom is -0.381 e. The van der Waals surface area contributed by atoms with Crippen LogP contribution >= 0.6 is 0 Å². The van der Waals surface area contributed by atoms with E-state index >= 15 is 0 Å². The third kappa shape index (κ3) is 3.75. The Morgan fingerprint density at radius 3 is 2.59 bits per heavy atom. The molecule has 1 N–H and O–H groups in total. The van der Waals surface area contributed by atoms with Crippen molar-refractivity contribution < 1.29 is 9.53 Å². The van der Waals surface area contributed by atoms with Gasteiger partial charge in [0.25, 0.3) is 0 Å². The normalized spacial score (nSPS) is 24.4. The lowest BCUT2D eigenvalue weighted by molar-refractivity contribution is -0.138. The van der Waals surface area contributed by atoms with E-state index in [0.717, 1.165) is 63.6 Å². The molecule has 1 aliphatic heterocycles. The molecular weight excluding hydrogens is 338 g/mol. The molecule has 1 aliphatic carbocycles. The standard InChI is InChI=1S/C22H31N3O2/c1-3-15-4-9-19-20(14-15)23-24-21(19)16-10-12-25(13-11-16)22(26)17-5-7-18(27-2)8-6-17/h4,9,14,16-18H,3,5-8,10-13H2,1-2H3,(H,23,24). The smallest absolute Gasteiger partial charge is 0.225 e. The first-order valence-electron chi connectivity index (χ1n) is 10.5. The monoisotopic (exact) mass is 369 g/mol. The van der Waals surface area contributed by atoms with Gasteiger partial charge in [0, 0.05) is 43.1 Å². The number of piperidine rings is 1. The van der Waals surface area contributed by atoms with Crippen LogP contribution < -0.4 is 0 Å². The summed E-state index contributed by atoms with van der Waals surface area (Å²) in [4.78, 5) is 15.0. The minimum atomic E-state index is 0.202. The summed E-state index contributed by atoms with van der Waals surface area (Å²) >= 11 is 0. The van der Waals surface area contributed by atoms with Crippen molar-refractivity contribution in [1.29, 1.82) is 0 Å². The first-order valence-corrected chi connectivity index (χ1v) is 10.5. The Labute approximate surface area is 161 Å². The molecule has 0 spiro atoms. The summed E-state index contributed by atoms with van der Waals surface area (Å²) in [6.07, 6.45) is 7.40. The van der Waals surface area contributed by atoms with Crippen molar-refractivity contribution in [2.75, 3.05) is 20.2 Å². The molecule has 2 fully saturated rings. The van der Waals surface area contributed by atoms with Gasteiger partial charge in [-0.1, -0.05) is 19.1 Å². The second-order valence-corrected chi connectivity index (χ2v) is 8.15. The van der Waals surface area contributed by atoms with Crippen LogP contribution in [-0.2, 0) is 16.0 Å². The predicted molar refractivity (Wildman–Crippen MR) is 107 cm³/mol. The second-order valence-electron chi connectivity index (χ2n) is 8.15. The fraction of sp³-hybridized carbons (Fsp3) is 0.636. The summed E-state index contributed by atoms with van der Waals surface area (Å²) in [5, 5.41) is 9.06. The van der Waals surface area contributed by atoms with Crippen LogP contribution in [0.3, 0.4) is 0 Å². The number of hydrogen-bond donors (Lipinski definition) is 1. The Kier molecular flexibility index (Phi) is 5.48. The average molecular weight is 370 g/mol. The zero-order valence-electron chi connectivity index (χ0n) is 16.5. The zero-order chi connectivity index (χ0) is 18.8. The quantitative estimate of drug-likeness (QED) is 0.885. The molecule has 4 rings (SSSR count). The highest BCUT2D eigenvalue weighted by Crippen LogP contribution is 2.34. The zero-order valence-corrected chi connectivity index (χ0v) is 16.5. The fourth-order valence-corrected chi connectivity index (χ4v) is 4.80. The van der Waals surface area contributed by atoms with Gasteiger partial charge in [-0.25, -0.2) is 0 Å². The van der Waals surface area contributed by atoms with Gasteiger partial charge in [0.2, 0.25) is 5.91 Å². The van der Waals surface area contributed by atoms with E-state index in [4.69, 9.17) is 4.74 Å². The molecule has 1 saturated heterocycles. The highest BCUT2D eigenvalue weighted by atomic mass is 16.5. The van der Waals surface area contributed by atoms with E-state index < -0.39 is 0 Å². The van der Waals surface area contributed by atoms with Gasteiger partial charge in [0.15, 0.2) is 0 Å². The number of methoxy groups -OCH3 is 1. The molecule has 1 amide bonds. The summed E-state index contributed by atoms with van der Waals surface area (Å²) in [7, 11) is 1.78. The molecule has 1 aromatic carbocycles. The predicted octanol–water partition coefficient (Wildman–Crippen LogP) is 4.04. The third-order valence-electron chi connectivity index (χ3n) is 6.63. The summed E-state index contributed by atoms with van der Waals surface area (Å²) in [5.41, 5.74) is 3.64. The highest BCUT2D eigenvalue weighted by Gasteiger charge is 2.32. The molecule has 2 aliphatic rings. The number of rotatable bonds is 4. The van der Waals surface area contributed by atoms with Crippen LogP contribution in [0.2, 0.25) is 0 Å². The topological polar surface area (TPSA) is 58.2 Å². The molecule has 2 heterocycles. The SMILES string of the molecule is CCc1ccc2c(C3CCN(C(=O)C4CCC(OC)CC4)CC3)[nH]nc2c1. The highest BCUT2D eigenvalue weighted by molar-refractivity contribution is 5.82. The minimum absolute atomic E-state index is 0.202. The van der Waals surface area contributed by atoms with Gasteiger partial charge in [-0.05, 0) is 56.6 Å². The molecule has 0 atom stereocenters. The summed E-state index contributed by atoms with van der Waals surface area (Å²) in [6.45, 7) is 3.89. The molecule has 0 unspecified atom stereocenters. The molecule has 0 bridgehead atoms. The molecule has 5 nitrogen and oxygen atoms in total. The van der Waals surface area contributed by atoms with Crippen molar-refractivity contribution in [2.24, 2.45) is 5.92 Å². The number of aromatic amines is 1. The number of hydrogen-bond acceptors (Lipinski definition) is 3. The second kappa shape index (κ2) is 8.01. The van der Waals surface area contributed by atoms with Crippen molar-refractivity contribution in [3.63, 3.8) is 0 Å². The Morgan fingerprint density at radius 2 is 1.93 bits per heavy atom. The molecule has 27 heavy (non-hydrogen) atoms. The lowest BCUT2D eigenvalue weighted by atomic mass is 9.85. The van der Waals surface area contributed by atoms with Crippen LogP contribution in [0.15, 0.2) is 18.2 Å². The van der Waals surface area contributed by atoms with Crippen LogP contribution in [0, 0.1) is 5.92 Å². The van der Waals surface area contributed by atoms with Gasteiger partial charge in [-0.2, -0.15) is 5.10 Å². The van der Waals surface area contributed by atoms with Crippen molar-refractivity contribution >= 4 is 16.8 Å². The number of nitrogens with one attached hydrogen (secondary N) is 1. The van der Waals surface area contributed by atoms with Crippen LogP contribution in [0.4, 0.5) is 0 Å². The van der Waals surface area contributed by atoms with Crippen LogP contribution in [0.1, 0.15) is 62.6 Å². The van der Waals surface area contributed by atoms with Gasteiger partial charge < -0.3 is 9.64 Å². The van der Waals surface area contributed by atoms with Crippen LogP contribution in [-0.4, -0.2) is 47.3 Å². The largest absolute Gasteiger partial charge is 0.381 e. The average Bonchev–Trinajstić information content (AvgIpc) is 3.16. The van der Waals surface area contributed by atoms with Crippen molar-refractivity contribution in [2.45, 2.75) is 63.9 Å². The maximum Gasteiger partial charge on any atom is 0.225 e. The van der Waals surface area contributed by atoms with E-state index in [1.165, 1.54) is 16.6 Å². The number of aryl methyl sites for hydroxylation is 1. The number of carbonyl (C=O) groups excluding carboxylic acids is 1. The maximum absolute atomic E-state index is 12.9. The number of likely N-dealkylation sites (tertiary alicyclic amines) is 1. The molecule has 5 heteroatoms. The van der Waals surface area contributed by atoms with Crippen molar-refractivity contribution in [3.8, 4) is 0 Å². The number of ether oxygens (including phenoxy) is 1. The Balaban J connectivity index is 1.37. The number of fused-ring (bicyclic) bond motifs is 1. The number of nitrogens with zero attached hydrogens (tertiary/aromatic N) is 2.